The van der Waals surface area contributed by atoms with Crippen molar-refractivity contribution in [2.75, 3.05) is 0 Å². The van der Waals surface area contributed by atoms with Gasteiger partial charge in [-0.25, -0.2) is 9.59 Å². The van der Waals surface area contributed by atoms with Gasteiger partial charge in [0.1, 0.15) is 21.7 Å². The van der Waals surface area contributed by atoms with E-state index in [0.717, 1.165) is 44.8 Å². The van der Waals surface area contributed by atoms with Gasteiger partial charge in [-0.2, -0.15) is 0 Å². The number of aliphatic carboxylic acids is 2. The van der Waals surface area contributed by atoms with Crippen molar-refractivity contribution >= 4 is 57.8 Å². The quantitative estimate of drug-likeness (QED) is 0.321. The molecular weight excluding hydrogens is 528 g/mol. The first-order valence-corrected chi connectivity index (χ1v) is 13.3. The fraction of sp³-hybridized carbons (Fsp3) is 0.0556. The van der Waals surface area contributed by atoms with E-state index >= 15 is 0 Å². The average Bonchev–Trinajstić information content (AvgIpc) is 3.48. The molecule has 0 bridgehead atoms. The molecule has 0 fully saturated rings. The summed E-state index contributed by atoms with van der Waals surface area (Å²) < 4.78 is 11.4. The van der Waals surface area contributed by atoms with Crippen molar-refractivity contribution in [3.05, 3.63) is 141 Å². The zero-order valence-electron chi connectivity index (χ0n) is 23.1. The maximum absolute atomic E-state index is 10.9. The van der Waals surface area contributed by atoms with Crippen LogP contribution in [0.2, 0.25) is 0 Å². The summed E-state index contributed by atoms with van der Waals surface area (Å²) in [6, 6.07) is 31.3. The van der Waals surface area contributed by atoms with Crippen LogP contribution in [0.1, 0.15) is 22.3 Å². The SMILES string of the molecule is Cc1ccc(/C=c2\o/c(=C\C(=O)O)c3ccccc23)cc1.Cc1ccc(/C=c2\o/c(=C\C(=O)O)c3ccccc23)cc1. The zero-order valence-corrected chi connectivity index (χ0v) is 23.1. The minimum absolute atomic E-state index is 0.372. The first-order valence-electron chi connectivity index (χ1n) is 13.3. The molecule has 6 rings (SSSR count). The zero-order chi connectivity index (χ0) is 29.6. The Morgan fingerprint density at radius 3 is 1.12 bits per heavy atom. The van der Waals surface area contributed by atoms with Gasteiger partial charge in [0.25, 0.3) is 0 Å². The second-order valence-corrected chi connectivity index (χ2v) is 9.83. The number of fused-ring (bicyclic) bond motifs is 2. The summed E-state index contributed by atoms with van der Waals surface area (Å²) in [7, 11) is 0. The van der Waals surface area contributed by atoms with Gasteiger partial charge < -0.3 is 19.0 Å². The molecule has 6 nitrogen and oxygen atoms in total. The molecule has 42 heavy (non-hydrogen) atoms. The monoisotopic (exact) mass is 556 g/mol. The van der Waals surface area contributed by atoms with Crippen molar-refractivity contribution in [2.45, 2.75) is 13.8 Å². The van der Waals surface area contributed by atoms with Crippen LogP contribution in [0.25, 0.3) is 45.8 Å². The summed E-state index contributed by atoms with van der Waals surface area (Å²) in [5.41, 5.74) is 6.49. The van der Waals surface area contributed by atoms with Crippen LogP contribution in [0.4, 0.5) is 0 Å². The van der Waals surface area contributed by atoms with E-state index in [4.69, 9.17) is 19.0 Å². The van der Waals surface area contributed by atoms with E-state index in [1.54, 1.807) is 0 Å². The molecule has 2 heterocycles. The molecule has 2 aromatic heterocycles. The molecular formula is C36H28O6. The highest BCUT2D eigenvalue weighted by atomic mass is 16.4. The van der Waals surface area contributed by atoms with Crippen molar-refractivity contribution in [3.63, 3.8) is 0 Å². The van der Waals surface area contributed by atoms with E-state index in [-0.39, 0.29) is 0 Å². The van der Waals surface area contributed by atoms with E-state index < -0.39 is 11.9 Å². The van der Waals surface area contributed by atoms with Gasteiger partial charge in [-0.15, -0.1) is 0 Å². The van der Waals surface area contributed by atoms with E-state index in [1.807, 2.05) is 123 Å². The van der Waals surface area contributed by atoms with Crippen molar-refractivity contribution < 1.29 is 28.6 Å². The van der Waals surface area contributed by atoms with Crippen LogP contribution >= 0.6 is 0 Å². The van der Waals surface area contributed by atoms with Crippen molar-refractivity contribution in [2.24, 2.45) is 0 Å². The molecule has 0 amide bonds. The predicted molar refractivity (Wildman–Crippen MR) is 165 cm³/mol. The molecule has 0 spiro atoms. The Morgan fingerprint density at radius 1 is 0.500 bits per heavy atom. The molecule has 0 aliphatic heterocycles. The molecule has 0 aliphatic rings. The summed E-state index contributed by atoms with van der Waals surface area (Å²) in [4.78, 5) is 21.8. The number of benzene rings is 4. The van der Waals surface area contributed by atoms with Crippen LogP contribution in [0, 0.1) is 13.8 Å². The molecule has 208 valence electrons. The molecule has 0 unspecified atom stereocenters. The Morgan fingerprint density at radius 2 is 0.810 bits per heavy atom. The molecule has 0 atom stereocenters. The number of furan rings is 2. The normalized spacial score (nSPS) is 13.0. The molecule has 0 saturated heterocycles. The number of aryl methyl sites for hydroxylation is 2. The molecule has 6 aromatic rings. The van der Waals surface area contributed by atoms with Gasteiger partial charge in [0, 0.05) is 21.5 Å². The number of hydrogen-bond acceptors (Lipinski definition) is 4. The Hall–Kier alpha value is -5.62. The van der Waals surface area contributed by atoms with Crippen LogP contribution in [0.5, 0.6) is 0 Å². The van der Waals surface area contributed by atoms with Crippen molar-refractivity contribution in [3.8, 4) is 0 Å². The largest absolute Gasteiger partial charge is 0.478 e. The van der Waals surface area contributed by atoms with Crippen molar-refractivity contribution in [1.82, 2.24) is 0 Å². The van der Waals surface area contributed by atoms with E-state index in [1.165, 1.54) is 11.1 Å². The predicted octanol–water partition coefficient (Wildman–Crippen LogP) is 4.87. The molecule has 4 aromatic carbocycles. The maximum Gasteiger partial charge on any atom is 0.332 e. The van der Waals surface area contributed by atoms with E-state index in [0.29, 0.717) is 21.7 Å². The molecule has 0 saturated carbocycles. The number of carboxylic acids is 2. The van der Waals surface area contributed by atoms with Gasteiger partial charge in [-0.3, -0.25) is 0 Å². The van der Waals surface area contributed by atoms with Crippen LogP contribution < -0.4 is 21.7 Å². The number of carboxylic acid groups (broad SMARTS) is 2. The highest BCUT2D eigenvalue weighted by Crippen LogP contribution is 2.09. The first kappa shape index (κ1) is 27.9. The summed E-state index contributed by atoms with van der Waals surface area (Å²) in [5, 5.41) is 21.3. The Bertz CT molecular complexity index is 1990. The highest BCUT2D eigenvalue weighted by Gasteiger charge is 2.05. The second kappa shape index (κ2) is 12.3. The fourth-order valence-electron chi connectivity index (χ4n) is 4.56. The Labute approximate surface area is 241 Å². The van der Waals surface area contributed by atoms with E-state index in [2.05, 4.69) is 0 Å². The summed E-state index contributed by atoms with van der Waals surface area (Å²) >= 11 is 0. The molecule has 6 heteroatoms. The third-order valence-electron chi connectivity index (χ3n) is 6.62. The first-order chi connectivity index (χ1) is 20.3. The lowest BCUT2D eigenvalue weighted by atomic mass is 10.1. The van der Waals surface area contributed by atoms with Gasteiger partial charge >= 0.3 is 11.9 Å². The molecule has 0 radical (unpaired) electrons. The lowest BCUT2D eigenvalue weighted by Crippen LogP contribution is -2.04. The standard InChI is InChI=1S/2C18H14O3/c2*1-12-6-8-13(9-7-12)10-16-14-4-2-3-5-15(14)17(21-16)11-18(19)20/h2*2-11H,1H3,(H,19,20)/b2*16-10-,17-11-. The number of hydrogen-bond donors (Lipinski definition) is 2. The van der Waals surface area contributed by atoms with E-state index in [9.17, 15) is 9.59 Å². The fourth-order valence-corrected chi connectivity index (χ4v) is 4.56. The molecule has 2 N–H and O–H groups in total. The number of carbonyl (C=O) groups is 2. The third kappa shape index (κ3) is 6.57. The van der Waals surface area contributed by atoms with Crippen LogP contribution in [0.3, 0.4) is 0 Å². The smallest absolute Gasteiger partial charge is 0.332 e. The average molecular weight is 557 g/mol. The number of rotatable bonds is 4. The van der Waals surface area contributed by atoms with Gasteiger partial charge in [0.05, 0.1) is 12.2 Å². The van der Waals surface area contributed by atoms with Crippen molar-refractivity contribution in [1.29, 1.82) is 0 Å². The second-order valence-electron chi connectivity index (χ2n) is 9.83. The van der Waals surface area contributed by atoms with Gasteiger partial charge in [0.15, 0.2) is 0 Å². The van der Waals surface area contributed by atoms with Crippen LogP contribution in [-0.2, 0) is 9.59 Å². The minimum atomic E-state index is -1.02. The Kier molecular flexibility index (Phi) is 8.16. The third-order valence-corrected chi connectivity index (χ3v) is 6.62. The molecule has 0 aliphatic carbocycles. The summed E-state index contributed by atoms with van der Waals surface area (Å²) in [5.74, 6) is -2.03. The maximum atomic E-state index is 10.9. The minimum Gasteiger partial charge on any atom is -0.478 e. The summed E-state index contributed by atoms with van der Waals surface area (Å²) in [6.07, 6.45) is 6.02. The van der Waals surface area contributed by atoms with Crippen LogP contribution in [0.15, 0.2) is 106 Å². The van der Waals surface area contributed by atoms with Gasteiger partial charge in [-0.05, 0) is 37.1 Å². The summed E-state index contributed by atoms with van der Waals surface area (Å²) in [6.45, 7) is 4.07. The Balaban J connectivity index is 0.000000168. The topological polar surface area (TPSA) is 101 Å². The lowest BCUT2D eigenvalue weighted by molar-refractivity contribution is -0.130. The van der Waals surface area contributed by atoms with Crippen LogP contribution in [-0.4, -0.2) is 22.2 Å². The van der Waals surface area contributed by atoms with Gasteiger partial charge in [-0.1, -0.05) is 108 Å². The lowest BCUT2D eigenvalue weighted by Gasteiger charge is -1.93. The highest BCUT2D eigenvalue weighted by molar-refractivity contribution is 6.01. The van der Waals surface area contributed by atoms with Gasteiger partial charge in [0.2, 0.25) is 0 Å².